The number of Topliss-reactive ketones (excluding diaryl/α,β-unsaturated/α-hetero) is 1. The summed E-state index contributed by atoms with van der Waals surface area (Å²) >= 11 is 7.09. The molecular weight excluding hydrogens is 1690 g/mol. The van der Waals surface area contributed by atoms with Crippen LogP contribution in [0.2, 0.25) is 5.02 Å². The molecule has 6 aliphatic heterocycles. The molecule has 0 unspecified atom stereocenters. The molecule has 41 heteroatoms. The third kappa shape index (κ3) is 23.0. The number of phenols is 3. The van der Waals surface area contributed by atoms with E-state index in [1.807, 2.05) is 20.8 Å². The second kappa shape index (κ2) is 42.7. The first kappa shape index (κ1) is 97.4. The molecule has 0 spiro atoms. The number of hydrogen-bond acceptors (Lipinski definition) is 31. The maximum atomic E-state index is 16.4. The highest BCUT2D eigenvalue weighted by Gasteiger charge is 2.52. The highest BCUT2D eigenvalue weighted by molar-refractivity contribution is 7.89. The van der Waals surface area contributed by atoms with Gasteiger partial charge in [0.1, 0.15) is 113 Å². The first-order valence-electron chi connectivity index (χ1n) is 40.7. The SMILES string of the molecule is CCCCCOc1ccc(S(=O)(=O)NCCNCc2c(O)cc([C@H](NC)C(=O)O)c(-c3cc([C@H]4NC(=O)[C@@H]5NC(=O)[C@H](CC(N)=O)NC(=O)[C@H](NC(=O)[C@@H](CC(C)C)NC)[C@H](O)c6ccc(c(C)c6)Oc6cc5cc(c6O[C@@H]5O[C@H](CO)[C@@H](O)[C@H](O)[C@H]5O[C@H]5C[C@](C)(CC(=O)CN)[C@H](O)[C@H](C)O5)Oc5ccc(cc5Cl)[C@@H](O)[C@@H](C=O)NC4=O)ccc3O)c2O)cc1. The Bertz CT molecular complexity index is 5090. The number of halogens is 1. The van der Waals surface area contributed by atoms with Gasteiger partial charge in [0.25, 0.3) is 0 Å². The Kier molecular flexibility index (Phi) is 33.0. The molecule has 2 fully saturated rings. The standard InChI is InChI=1S/C85H108ClN11O28S/c1-9-10-11-24-119-47-15-17-48(18-16-47)126(117,118)92-23-22-91-36-51-57(102)31-50(68(90-8)83(115)116)65(72(51)106)49-27-42(12-19-56(49)101)66-80(112)94-55(37-98)70(104)44-14-21-59(52(86)28-44)122-61-30-45-29-60(75(61)125-84-76(74(108)73(107)62(38-99)123-84)124-64-34-85(6,33-46(100)35-87)77(109)41(5)120-64)121-58-20-13-43(26-40(58)4)71(105)69(97-78(110)53(89-7)25-39(2)3)82(114)93-54(32-63(88)103)79(111)95-67(45)81(113)96-66/h12-21,26-31,37,39,41,53-55,62,64,66-71,73-74,76-77,84,89-92,99,101-102,104-109H,9-11,22-25,32-36,38,87H2,1-8H3,(H2,88,103)(H,93,114)(H,94,112)(H,95,111)(H,96,113)(H,97,110)(H,115,116)/t41-,53+,54-,55+,62+,64-,66+,67+,68-,69+,70+,71+,73+,74-,76+,77+,84-,85-/m0/s1. The van der Waals surface area contributed by atoms with Crippen molar-refractivity contribution in [2.24, 2.45) is 22.8 Å². The molecule has 0 saturated carbocycles. The van der Waals surface area contributed by atoms with Crippen LogP contribution in [-0.4, -0.2) is 233 Å². The summed E-state index contributed by atoms with van der Waals surface area (Å²) in [4.78, 5) is 130. The van der Waals surface area contributed by atoms with Crippen molar-refractivity contribution < 1.29 is 136 Å². The van der Waals surface area contributed by atoms with Crippen LogP contribution in [0.3, 0.4) is 0 Å². The van der Waals surface area contributed by atoms with Crippen LogP contribution in [0.15, 0.2) is 102 Å². The third-order valence-electron chi connectivity index (χ3n) is 22.1. The maximum Gasteiger partial charge on any atom is 0.325 e. The van der Waals surface area contributed by atoms with Crippen molar-refractivity contribution in [2.45, 2.75) is 202 Å². The van der Waals surface area contributed by atoms with Gasteiger partial charge in [-0.1, -0.05) is 70.3 Å². The number of fused-ring (bicyclic) bond motifs is 16. The van der Waals surface area contributed by atoms with Gasteiger partial charge in [-0.25, -0.2) is 13.1 Å². The van der Waals surface area contributed by atoms with Gasteiger partial charge in [-0.2, -0.15) is 0 Å². The number of phenolic OH excluding ortho intramolecular Hbond substituents is 3. The molecule has 0 radical (unpaired) electrons. The fraction of sp³-hybridized carbons (Fsp3) is 0.471. The fourth-order valence-corrected chi connectivity index (χ4v) is 16.6. The average Bonchev–Trinajstić information content (AvgIpc) is 0.763. The van der Waals surface area contributed by atoms with Crippen LogP contribution in [0, 0.1) is 18.3 Å². The molecule has 0 aliphatic carbocycles. The number of ketones is 1. The molecule has 684 valence electrons. The largest absolute Gasteiger partial charge is 0.507 e. The number of aliphatic hydroxyl groups excluding tert-OH is 6. The lowest BCUT2D eigenvalue weighted by Crippen LogP contribution is -2.62. The second-order valence-corrected chi connectivity index (χ2v) is 34.1. The number of unbranched alkanes of at least 4 members (excludes halogenated alkanes) is 2. The smallest absolute Gasteiger partial charge is 0.325 e. The molecule has 6 amide bonds. The summed E-state index contributed by atoms with van der Waals surface area (Å²) in [7, 11) is -1.44. The minimum absolute atomic E-state index is 0.0667. The lowest BCUT2D eigenvalue weighted by Gasteiger charge is -2.48. The van der Waals surface area contributed by atoms with E-state index in [0.29, 0.717) is 12.4 Å². The Labute approximate surface area is 729 Å². The average molecular weight is 1800 g/mol. The van der Waals surface area contributed by atoms with Crippen molar-refractivity contribution in [2.75, 3.05) is 46.9 Å². The van der Waals surface area contributed by atoms with Crippen LogP contribution in [-0.2, 0) is 73.9 Å². The Morgan fingerprint density at radius 3 is 2.02 bits per heavy atom. The van der Waals surface area contributed by atoms with Gasteiger partial charge in [0, 0.05) is 49.0 Å². The number of likely N-dealkylation sites (N-methyl/N-ethyl adjacent to an activating group) is 2. The molecule has 6 aromatic carbocycles. The van der Waals surface area contributed by atoms with E-state index in [2.05, 4.69) is 47.3 Å². The Hall–Kier alpha value is -10.8. The molecule has 7 bridgehead atoms. The summed E-state index contributed by atoms with van der Waals surface area (Å²) in [6, 6.07) is 5.35. The molecule has 6 aromatic rings. The normalized spacial score (nSPS) is 25.3. The van der Waals surface area contributed by atoms with Crippen molar-refractivity contribution >= 4 is 75.1 Å². The summed E-state index contributed by atoms with van der Waals surface area (Å²) in [6.07, 6.45) is -16.3. The number of carboxylic acids is 1. The van der Waals surface area contributed by atoms with Gasteiger partial charge in [0.15, 0.2) is 23.9 Å². The van der Waals surface area contributed by atoms with E-state index in [-0.39, 0.29) is 88.2 Å². The van der Waals surface area contributed by atoms with E-state index in [9.17, 15) is 83.5 Å². The monoisotopic (exact) mass is 1800 g/mol. The molecule has 6 aliphatic rings. The van der Waals surface area contributed by atoms with Crippen LogP contribution in [0.1, 0.15) is 149 Å². The number of aromatic hydroxyl groups is 3. The summed E-state index contributed by atoms with van der Waals surface area (Å²) in [5, 5.41) is 138. The minimum Gasteiger partial charge on any atom is -0.507 e. The Balaban J connectivity index is 1.16. The number of carbonyl (C=O) groups is 9. The Morgan fingerprint density at radius 2 is 1.40 bits per heavy atom. The van der Waals surface area contributed by atoms with Crippen LogP contribution in [0.5, 0.6) is 51.7 Å². The molecule has 2 saturated heterocycles. The number of aryl methyl sites for hydroxylation is 1. The molecule has 18 atom stereocenters. The number of nitrogens with one attached hydrogen (secondary N) is 9. The molecule has 0 aromatic heterocycles. The van der Waals surface area contributed by atoms with E-state index in [1.165, 1.54) is 82.5 Å². The fourth-order valence-electron chi connectivity index (χ4n) is 15.3. The maximum absolute atomic E-state index is 16.4. The van der Waals surface area contributed by atoms with Gasteiger partial charge in [-0.15, -0.1) is 0 Å². The quantitative estimate of drug-likeness (QED) is 0.0207. The van der Waals surface area contributed by atoms with E-state index >= 15 is 19.2 Å². The molecule has 126 heavy (non-hydrogen) atoms. The number of amides is 6. The first-order chi connectivity index (χ1) is 59.8. The van der Waals surface area contributed by atoms with Crippen molar-refractivity contribution in [1.82, 2.24) is 47.3 Å². The molecule has 23 N–H and O–H groups in total. The van der Waals surface area contributed by atoms with Gasteiger partial charge in [0.05, 0.1) is 59.9 Å². The number of ether oxygens (including phenoxy) is 7. The van der Waals surface area contributed by atoms with Crippen LogP contribution >= 0.6 is 11.6 Å². The van der Waals surface area contributed by atoms with Crippen LogP contribution in [0.25, 0.3) is 11.1 Å². The van der Waals surface area contributed by atoms with Crippen molar-refractivity contribution in [3.05, 3.63) is 141 Å². The highest BCUT2D eigenvalue weighted by atomic mass is 35.5. The molecule has 12 rings (SSSR count). The minimum atomic E-state index is -4.13. The zero-order valence-electron chi connectivity index (χ0n) is 70.2. The predicted octanol–water partition coefficient (Wildman–Crippen LogP) is 1.89. The lowest BCUT2D eigenvalue weighted by atomic mass is 9.73. The third-order valence-corrected chi connectivity index (χ3v) is 23.9. The number of aldehydes is 1. The van der Waals surface area contributed by atoms with Gasteiger partial charge in [-0.3, -0.25) is 38.4 Å². The van der Waals surface area contributed by atoms with Crippen LogP contribution in [0.4, 0.5) is 0 Å². The first-order valence-corrected chi connectivity index (χ1v) is 42.6. The van der Waals surface area contributed by atoms with E-state index in [0.717, 1.165) is 61.7 Å². The van der Waals surface area contributed by atoms with E-state index < -0.39 is 255 Å². The summed E-state index contributed by atoms with van der Waals surface area (Å²) in [5.74, 6) is -14.2. The number of sulfonamides is 1. The number of nitrogens with two attached hydrogens (primary N) is 2. The number of carboxylic acid groups (broad SMARTS) is 1. The number of benzene rings is 6. The van der Waals surface area contributed by atoms with Crippen molar-refractivity contribution in [3.63, 3.8) is 0 Å². The summed E-state index contributed by atoms with van der Waals surface area (Å²) < 4.78 is 74.2. The van der Waals surface area contributed by atoms with Crippen molar-refractivity contribution in [3.8, 4) is 62.9 Å². The highest BCUT2D eigenvalue weighted by Crippen LogP contribution is 2.51. The lowest BCUT2D eigenvalue weighted by molar-refractivity contribution is -0.338. The topological polar surface area (TPSA) is 615 Å². The molecule has 6 heterocycles. The molecule has 39 nitrogen and oxygen atoms in total. The van der Waals surface area contributed by atoms with Crippen molar-refractivity contribution in [1.29, 1.82) is 0 Å². The van der Waals surface area contributed by atoms with Crippen LogP contribution < -0.4 is 77.7 Å². The summed E-state index contributed by atoms with van der Waals surface area (Å²) in [5.41, 5.74) is 7.32. The number of aliphatic hydroxyl groups is 6. The number of carbonyl (C=O) groups excluding carboxylic acids is 8. The van der Waals surface area contributed by atoms with Gasteiger partial charge >= 0.3 is 5.97 Å². The van der Waals surface area contributed by atoms with E-state index in [4.69, 9.17) is 56.2 Å². The van der Waals surface area contributed by atoms with E-state index in [1.54, 1.807) is 6.92 Å². The van der Waals surface area contributed by atoms with Gasteiger partial charge < -0.3 is 143 Å². The number of primary amides is 1. The van der Waals surface area contributed by atoms with Gasteiger partial charge in [-0.05, 0) is 159 Å². The number of hydrogen-bond donors (Lipinski definition) is 21. The predicted molar refractivity (Wildman–Crippen MR) is 449 cm³/mol. The molecular formula is C85H108ClN11O28S. The number of aliphatic carboxylic acids is 1. The Morgan fingerprint density at radius 1 is 0.754 bits per heavy atom. The van der Waals surface area contributed by atoms with Gasteiger partial charge in [0.2, 0.25) is 57.5 Å². The zero-order valence-corrected chi connectivity index (χ0v) is 71.7. The number of rotatable bonds is 33. The summed E-state index contributed by atoms with van der Waals surface area (Å²) in [6.45, 7) is 8.30. The second-order valence-electron chi connectivity index (χ2n) is 31.9. The zero-order chi connectivity index (χ0) is 92.1.